The molecule has 1 saturated heterocycles. The highest BCUT2D eigenvalue weighted by atomic mass is 16.5. The van der Waals surface area contributed by atoms with Crippen molar-refractivity contribution >= 4 is 17.8 Å². The SMILES string of the molecule is CN(C)c1ccc(/C=C/c2ccc(C3C[C@H](O)[C@@H](CO)O3)cc2)cc1. The summed E-state index contributed by atoms with van der Waals surface area (Å²) in [4.78, 5) is 2.08. The molecular weight excluding hydrogens is 314 g/mol. The molecule has 3 atom stereocenters. The van der Waals surface area contributed by atoms with Crippen LogP contribution in [0.25, 0.3) is 12.2 Å². The van der Waals surface area contributed by atoms with Crippen LogP contribution in [0.15, 0.2) is 48.5 Å². The highest BCUT2D eigenvalue weighted by Crippen LogP contribution is 2.33. The lowest BCUT2D eigenvalue weighted by atomic mass is 10.0. The average Bonchev–Trinajstić information content (AvgIpc) is 3.01. The minimum atomic E-state index is -0.597. The van der Waals surface area contributed by atoms with Gasteiger partial charge in [0.2, 0.25) is 0 Å². The van der Waals surface area contributed by atoms with Crippen molar-refractivity contribution in [2.75, 3.05) is 25.6 Å². The number of hydrogen-bond donors (Lipinski definition) is 2. The van der Waals surface area contributed by atoms with E-state index in [1.54, 1.807) is 0 Å². The van der Waals surface area contributed by atoms with Crippen molar-refractivity contribution in [1.29, 1.82) is 0 Å². The molecule has 4 nitrogen and oxygen atoms in total. The zero-order valence-electron chi connectivity index (χ0n) is 14.7. The van der Waals surface area contributed by atoms with Crippen LogP contribution in [0.5, 0.6) is 0 Å². The number of aliphatic hydroxyl groups excluding tert-OH is 2. The van der Waals surface area contributed by atoms with Gasteiger partial charge in [-0.05, 0) is 28.8 Å². The lowest BCUT2D eigenvalue weighted by molar-refractivity contribution is -0.0225. The summed E-state index contributed by atoms with van der Waals surface area (Å²) in [5, 5.41) is 19.0. The van der Waals surface area contributed by atoms with Crippen LogP contribution in [0.1, 0.15) is 29.2 Å². The van der Waals surface area contributed by atoms with Crippen molar-refractivity contribution in [3.63, 3.8) is 0 Å². The summed E-state index contributed by atoms with van der Waals surface area (Å²) in [6, 6.07) is 16.5. The smallest absolute Gasteiger partial charge is 0.107 e. The minimum absolute atomic E-state index is 0.148. The van der Waals surface area contributed by atoms with Crippen LogP contribution in [0.2, 0.25) is 0 Å². The van der Waals surface area contributed by atoms with Crippen LogP contribution < -0.4 is 4.90 Å². The third-order valence-corrected chi connectivity index (χ3v) is 4.59. The second-order valence-electron chi connectivity index (χ2n) is 6.63. The molecule has 25 heavy (non-hydrogen) atoms. The lowest BCUT2D eigenvalue weighted by Gasteiger charge is -2.12. The van der Waals surface area contributed by atoms with Gasteiger partial charge in [-0.15, -0.1) is 0 Å². The molecule has 0 amide bonds. The standard InChI is InChI=1S/C21H25NO3/c1-22(2)18-11-7-16(8-12-18)4-3-15-5-9-17(10-6-15)20-13-19(24)21(14-23)25-20/h3-12,19-21,23-24H,13-14H2,1-2H3/b4-3+/t19-,20?,21+/m0/s1. The number of hydrogen-bond acceptors (Lipinski definition) is 4. The molecule has 1 unspecified atom stereocenters. The predicted octanol–water partition coefficient (Wildman–Crippen LogP) is 3.11. The van der Waals surface area contributed by atoms with E-state index in [1.165, 1.54) is 5.69 Å². The van der Waals surface area contributed by atoms with Gasteiger partial charge in [0.1, 0.15) is 6.10 Å². The van der Waals surface area contributed by atoms with Crippen LogP contribution in [-0.4, -0.2) is 43.1 Å². The molecule has 1 aliphatic heterocycles. The van der Waals surface area contributed by atoms with E-state index in [4.69, 9.17) is 4.74 Å². The summed E-state index contributed by atoms with van der Waals surface area (Å²) in [6.07, 6.45) is 3.47. The average molecular weight is 339 g/mol. The molecule has 1 heterocycles. The van der Waals surface area contributed by atoms with E-state index in [1.807, 2.05) is 38.4 Å². The van der Waals surface area contributed by atoms with Gasteiger partial charge in [0, 0.05) is 26.2 Å². The molecule has 2 N–H and O–H groups in total. The molecule has 2 aromatic carbocycles. The van der Waals surface area contributed by atoms with Gasteiger partial charge in [-0.25, -0.2) is 0 Å². The molecule has 1 fully saturated rings. The molecule has 0 bridgehead atoms. The van der Waals surface area contributed by atoms with Crippen LogP contribution in [0, 0.1) is 0 Å². The Kier molecular flexibility index (Phi) is 5.53. The van der Waals surface area contributed by atoms with Gasteiger partial charge in [-0.2, -0.15) is 0 Å². The number of rotatable bonds is 5. The maximum Gasteiger partial charge on any atom is 0.107 e. The topological polar surface area (TPSA) is 52.9 Å². The lowest BCUT2D eigenvalue weighted by Crippen LogP contribution is -2.24. The molecule has 3 rings (SSSR count). The molecule has 1 aliphatic rings. The summed E-state index contributed by atoms with van der Waals surface area (Å²) in [5.41, 5.74) is 4.48. The first-order valence-corrected chi connectivity index (χ1v) is 8.56. The molecule has 0 aliphatic carbocycles. The van der Waals surface area contributed by atoms with Crippen molar-refractivity contribution in [2.24, 2.45) is 0 Å². The molecule has 0 saturated carbocycles. The fourth-order valence-corrected chi connectivity index (χ4v) is 3.01. The maximum absolute atomic E-state index is 9.84. The summed E-state index contributed by atoms with van der Waals surface area (Å²) in [7, 11) is 4.06. The number of benzene rings is 2. The molecule has 2 aromatic rings. The van der Waals surface area contributed by atoms with E-state index < -0.39 is 12.2 Å². The Labute approximate surface area is 149 Å². The van der Waals surface area contributed by atoms with E-state index in [2.05, 4.69) is 41.3 Å². The molecular formula is C21H25NO3. The van der Waals surface area contributed by atoms with E-state index >= 15 is 0 Å². The second-order valence-corrected chi connectivity index (χ2v) is 6.63. The Balaban J connectivity index is 1.64. The molecule has 0 radical (unpaired) electrons. The van der Waals surface area contributed by atoms with Gasteiger partial charge in [-0.1, -0.05) is 48.6 Å². The van der Waals surface area contributed by atoms with Crippen LogP contribution in [0.3, 0.4) is 0 Å². The summed E-state index contributed by atoms with van der Waals surface area (Å²) in [6.45, 7) is -0.148. The summed E-state index contributed by atoms with van der Waals surface area (Å²) >= 11 is 0. The first-order chi connectivity index (χ1) is 12.1. The number of anilines is 1. The van der Waals surface area contributed by atoms with Crippen LogP contribution in [-0.2, 0) is 4.74 Å². The van der Waals surface area contributed by atoms with Gasteiger partial charge >= 0.3 is 0 Å². The van der Waals surface area contributed by atoms with Crippen LogP contribution in [0.4, 0.5) is 5.69 Å². The largest absolute Gasteiger partial charge is 0.394 e. The Morgan fingerprint density at radius 2 is 1.56 bits per heavy atom. The van der Waals surface area contributed by atoms with E-state index in [9.17, 15) is 10.2 Å². The Bertz CT molecular complexity index is 707. The van der Waals surface area contributed by atoms with Gasteiger partial charge in [-0.3, -0.25) is 0 Å². The predicted molar refractivity (Wildman–Crippen MR) is 101 cm³/mol. The van der Waals surface area contributed by atoms with E-state index in [0.29, 0.717) is 6.42 Å². The van der Waals surface area contributed by atoms with E-state index in [0.717, 1.165) is 16.7 Å². The third-order valence-electron chi connectivity index (χ3n) is 4.59. The molecule has 0 spiro atoms. The maximum atomic E-state index is 9.84. The first-order valence-electron chi connectivity index (χ1n) is 8.56. The first kappa shape index (κ1) is 17.7. The van der Waals surface area contributed by atoms with Crippen molar-refractivity contribution < 1.29 is 14.9 Å². The molecule has 132 valence electrons. The highest BCUT2D eigenvalue weighted by Gasteiger charge is 2.33. The second kappa shape index (κ2) is 7.83. The minimum Gasteiger partial charge on any atom is -0.394 e. The van der Waals surface area contributed by atoms with Gasteiger partial charge in [0.25, 0.3) is 0 Å². The van der Waals surface area contributed by atoms with E-state index in [-0.39, 0.29) is 12.7 Å². The van der Waals surface area contributed by atoms with Crippen molar-refractivity contribution in [3.8, 4) is 0 Å². The fraction of sp³-hybridized carbons (Fsp3) is 0.333. The monoisotopic (exact) mass is 339 g/mol. The van der Waals surface area contributed by atoms with Gasteiger partial charge < -0.3 is 19.8 Å². The Morgan fingerprint density at radius 3 is 2.04 bits per heavy atom. The van der Waals surface area contributed by atoms with Crippen molar-refractivity contribution in [3.05, 3.63) is 65.2 Å². The Hall–Kier alpha value is -2.14. The molecule has 0 aromatic heterocycles. The van der Waals surface area contributed by atoms with Crippen molar-refractivity contribution in [2.45, 2.75) is 24.7 Å². The number of aliphatic hydroxyl groups is 2. The summed E-state index contributed by atoms with van der Waals surface area (Å²) in [5.74, 6) is 0. The highest BCUT2D eigenvalue weighted by molar-refractivity contribution is 5.70. The number of ether oxygens (including phenoxy) is 1. The third kappa shape index (κ3) is 4.28. The Morgan fingerprint density at radius 1 is 1.00 bits per heavy atom. The van der Waals surface area contributed by atoms with Gasteiger partial charge in [0.15, 0.2) is 0 Å². The zero-order chi connectivity index (χ0) is 17.8. The quantitative estimate of drug-likeness (QED) is 0.822. The fourth-order valence-electron chi connectivity index (χ4n) is 3.01. The number of nitrogens with zero attached hydrogens (tertiary/aromatic N) is 1. The molecule has 4 heteroatoms. The van der Waals surface area contributed by atoms with Crippen LogP contribution >= 0.6 is 0 Å². The summed E-state index contributed by atoms with van der Waals surface area (Å²) < 4.78 is 5.69. The van der Waals surface area contributed by atoms with Gasteiger partial charge in [0.05, 0.1) is 18.8 Å². The zero-order valence-corrected chi connectivity index (χ0v) is 14.7. The normalized spacial score (nSPS) is 23.3. The van der Waals surface area contributed by atoms with Crippen molar-refractivity contribution in [1.82, 2.24) is 0 Å².